The molecule has 0 aliphatic heterocycles. The minimum Gasteiger partial charge on any atom is -0.503 e. The molecule has 7 heteroatoms. The van der Waals surface area contributed by atoms with Crippen LogP contribution in [0, 0.1) is 5.92 Å². The van der Waals surface area contributed by atoms with Gasteiger partial charge in [0.1, 0.15) is 6.04 Å². The summed E-state index contributed by atoms with van der Waals surface area (Å²) in [5.41, 5.74) is 0. The largest absolute Gasteiger partial charge is 0.503 e. The number of halogens is 2. The molecule has 0 amide bonds. The lowest BCUT2D eigenvalue weighted by molar-refractivity contribution is -0.142. The van der Waals surface area contributed by atoms with Crippen LogP contribution in [0.5, 0.6) is 5.75 Å². The lowest BCUT2D eigenvalue weighted by Crippen LogP contribution is -2.37. The Kier molecular flexibility index (Phi) is 6.06. The van der Waals surface area contributed by atoms with Crippen molar-refractivity contribution in [1.29, 1.82) is 0 Å². The van der Waals surface area contributed by atoms with E-state index in [2.05, 4.69) is 37.1 Å². The highest BCUT2D eigenvalue weighted by atomic mass is 79.9. The fourth-order valence-corrected chi connectivity index (χ4v) is 2.48. The third kappa shape index (κ3) is 4.07. The third-order valence-electron chi connectivity index (χ3n) is 2.50. The summed E-state index contributed by atoms with van der Waals surface area (Å²) < 4.78 is 6.76. The van der Waals surface area contributed by atoms with Crippen molar-refractivity contribution in [3.8, 4) is 5.75 Å². The Hall–Kier alpha value is -0.820. The quantitative estimate of drug-likeness (QED) is 0.612. The highest BCUT2D eigenvalue weighted by molar-refractivity contribution is 9.10. The average Bonchev–Trinajstić information content (AvgIpc) is 2.37. The Morgan fingerprint density at radius 3 is 2.74 bits per heavy atom. The van der Waals surface area contributed by atoms with Crippen molar-refractivity contribution in [2.75, 3.05) is 11.0 Å². The second-order valence-electron chi connectivity index (χ2n) is 4.44. The molecule has 1 N–H and O–H groups in total. The number of carbonyl (C=O) groups excluding carboxylic acids is 1. The van der Waals surface area contributed by atoms with Crippen LogP contribution in [-0.4, -0.2) is 29.2 Å². The van der Waals surface area contributed by atoms with Gasteiger partial charge in [-0.25, -0.2) is 9.78 Å². The van der Waals surface area contributed by atoms with Crippen molar-refractivity contribution in [3.05, 3.63) is 16.7 Å². The van der Waals surface area contributed by atoms with Gasteiger partial charge in [0.2, 0.25) is 0 Å². The summed E-state index contributed by atoms with van der Waals surface area (Å²) in [6.07, 6.45) is 2.11. The molecule has 0 spiro atoms. The minimum atomic E-state index is -0.558. The van der Waals surface area contributed by atoms with Crippen molar-refractivity contribution in [2.24, 2.45) is 5.92 Å². The summed E-state index contributed by atoms with van der Waals surface area (Å²) in [4.78, 5) is 15.9. The number of hydrogen-bond acceptors (Lipinski definition) is 5. The van der Waals surface area contributed by atoms with Gasteiger partial charge in [-0.3, -0.25) is 3.93 Å². The fourth-order valence-electron chi connectivity index (χ4n) is 1.59. The standard InChI is InChI=1S/C12H16Br2N2O3/c1-7(2)6-9(12(18)19-3)16(14)11-10(17)8(13)4-5-15-11/h4-5,7,9,17H,6H2,1-3H3/t9-/m0/s1. The lowest BCUT2D eigenvalue weighted by Gasteiger charge is -2.26. The summed E-state index contributed by atoms with van der Waals surface area (Å²) in [7, 11) is 1.34. The maximum Gasteiger partial charge on any atom is 0.329 e. The van der Waals surface area contributed by atoms with Crippen LogP contribution in [0.1, 0.15) is 20.3 Å². The molecule has 0 bridgehead atoms. The molecule has 0 fully saturated rings. The first-order chi connectivity index (χ1) is 8.88. The molecule has 0 aliphatic carbocycles. The van der Waals surface area contributed by atoms with Crippen molar-refractivity contribution < 1.29 is 14.6 Å². The molecular weight excluding hydrogens is 380 g/mol. The Bertz CT molecular complexity index is 455. The van der Waals surface area contributed by atoms with E-state index in [4.69, 9.17) is 4.74 Å². The van der Waals surface area contributed by atoms with Gasteiger partial charge in [-0.15, -0.1) is 0 Å². The molecule has 1 rings (SSSR count). The van der Waals surface area contributed by atoms with Crippen molar-refractivity contribution in [2.45, 2.75) is 26.3 Å². The van der Waals surface area contributed by atoms with E-state index in [-0.39, 0.29) is 17.5 Å². The summed E-state index contributed by atoms with van der Waals surface area (Å²) in [5, 5.41) is 9.97. The van der Waals surface area contributed by atoms with Gasteiger partial charge in [0.25, 0.3) is 0 Å². The normalized spacial score (nSPS) is 12.3. The highest BCUT2D eigenvalue weighted by Gasteiger charge is 2.29. The zero-order valence-electron chi connectivity index (χ0n) is 10.9. The number of nitrogens with zero attached hydrogens (tertiary/aromatic N) is 2. The number of pyridine rings is 1. The Morgan fingerprint density at radius 1 is 1.58 bits per heavy atom. The number of methoxy groups -OCH3 is 1. The van der Waals surface area contributed by atoms with E-state index in [9.17, 15) is 9.90 Å². The Balaban J connectivity index is 3.08. The number of rotatable bonds is 5. The molecule has 0 aliphatic rings. The van der Waals surface area contributed by atoms with Gasteiger partial charge in [-0.05, 0) is 34.3 Å². The van der Waals surface area contributed by atoms with E-state index in [1.165, 1.54) is 17.2 Å². The molecule has 0 aromatic carbocycles. The van der Waals surface area contributed by atoms with Crippen LogP contribution in [-0.2, 0) is 9.53 Å². The van der Waals surface area contributed by atoms with Crippen molar-refractivity contribution in [1.82, 2.24) is 4.98 Å². The second kappa shape index (κ2) is 7.09. The maximum absolute atomic E-state index is 11.8. The number of carbonyl (C=O) groups is 1. The molecule has 106 valence electrons. The number of hydrogen-bond donors (Lipinski definition) is 1. The molecule has 0 saturated carbocycles. The van der Waals surface area contributed by atoms with E-state index in [1.54, 1.807) is 6.07 Å². The van der Waals surface area contributed by atoms with Crippen LogP contribution in [0.25, 0.3) is 0 Å². The van der Waals surface area contributed by atoms with Crippen LogP contribution in [0.3, 0.4) is 0 Å². The van der Waals surface area contributed by atoms with Crippen LogP contribution in [0.15, 0.2) is 16.7 Å². The van der Waals surface area contributed by atoms with Gasteiger partial charge in [-0.2, -0.15) is 0 Å². The van der Waals surface area contributed by atoms with Crippen LogP contribution in [0.4, 0.5) is 5.82 Å². The first-order valence-electron chi connectivity index (χ1n) is 5.74. The molecule has 19 heavy (non-hydrogen) atoms. The predicted octanol–water partition coefficient (Wildman–Crippen LogP) is 3.25. The first kappa shape index (κ1) is 16.2. The van der Waals surface area contributed by atoms with Gasteiger partial charge in [0, 0.05) is 6.20 Å². The monoisotopic (exact) mass is 394 g/mol. The fraction of sp³-hybridized carbons (Fsp3) is 0.500. The lowest BCUT2D eigenvalue weighted by atomic mass is 10.0. The van der Waals surface area contributed by atoms with Crippen LogP contribution >= 0.6 is 32.1 Å². The number of anilines is 1. The topological polar surface area (TPSA) is 62.7 Å². The maximum atomic E-state index is 11.8. The summed E-state index contributed by atoms with van der Waals surface area (Å²) in [5.74, 6) is 0.146. The highest BCUT2D eigenvalue weighted by Crippen LogP contribution is 2.36. The van der Waals surface area contributed by atoms with Crippen molar-refractivity contribution >= 4 is 43.9 Å². The van der Waals surface area contributed by atoms with Crippen LogP contribution < -0.4 is 3.93 Å². The molecule has 0 radical (unpaired) electrons. The van der Waals surface area contributed by atoms with E-state index in [0.29, 0.717) is 16.8 Å². The molecule has 0 unspecified atom stereocenters. The third-order valence-corrected chi connectivity index (χ3v) is 3.97. The van der Waals surface area contributed by atoms with Gasteiger partial charge >= 0.3 is 5.97 Å². The van der Waals surface area contributed by atoms with Gasteiger partial charge in [-0.1, -0.05) is 13.8 Å². The molecule has 0 saturated heterocycles. The first-order valence-corrected chi connectivity index (χ1v) is 7.25. The second-order valence-corrected chi connectivity index (χ2v) is 6.06. The number of aromatic nitrogens is 1. The SMILES string of the molecule is COC(=O)[C@H](CC(C)C)N(Br)c1nccc(Br)c1O. The molecule has 1 heterocycles. The number of ether oxygens (including phenoxy) is 1. The minimum absolute atomic E-state index is 0.0305. The van der Waals surface area contributed by atoms with Gasteiger partial charge < -0.3 is 9.84 Å². The van der Waals surface area contributed by atoms with Gasteiger partial charge in [0.15, 0.2) is 11.6 Å². The van der Waals surface area contributed by atoms with E-state index >= 15 is 0 Å². The molecule has 1 aromatic rings. The molecule has 1 aromatic heterocycles. The number of esters is 1. The van der Waals surface area contributed by atoms with E-state index in [1.807, 2.05) is 13.8 Å². The molecule has 5 nitrogen and oxygen atoms in total. The average molecular weight is 396 g/mol. The summed E-state index contributed by atoms with van der Waals surface area (Å²) in [6, 6.07) is 1.06. The van der Waals surface area contributed by atoms with E-state index < -0.39 is 6.04 Å². The zero-order valence-corrected chi connectivity index (χ0v) is 14.1. The summed E-state index contributed by atoms with van der Waals surface area (Å²) >= 11 is 6.51. The molecular formula is C12H16Br2N2O3. The Labute approximate surface area is 129 Å². The molecule has 1 atom stereocenters. The van der Waals surface area contributed by atoms with Crippen molar-refractivity contribution in [3.63, 3.8) is 0 Å². The van der Waals surface area contributed by atoms with E-state index in [0.717, 1.165) is 0 Å². The zero-order chi connectivity index (χ0) is 14.6. The number of aromatic hydroxyl groups is 1. The van der Waals surface area contributed by atoms with Gasteiger partial charge in [0.05, 0.1) is 27.7 Å². The predicted molar refractivity (Wildman–Crippen MR) is 80.3 cm³/mol. The smallest absolute Gasteiger partial charge is 0.329 e. The summed E-state index contributed by atoms with van der Waals surface area (Å²) in [6.45, 7) is 4.01. The Morgan fingerprint density at radius 2 is 2.21 bits per heavy atom. The van der Waals surface area contributed by atoms with Crippen LogP contribution in [0.2, 0.25) is 0 Å².